The lowest BCUT2D eigenvalue weighted by Crippen LogP contribution is -2.67. The van der Waals surface area contributed by atoms with Crippen molar-refractivity contribution in [3.63, 3.8) is 0 Å². The molecule has 3 aromatic rings. The Kier molecular flexibility index (Phi) is 16.1. The SMILES string of the molecule is CCCCCCCCCCC(=O)N[C@H]1C(CC)OCC(NS(=O)(=O)c2ccc(C)cc2)[C@H]1O[C@H]1OC2COC(c3ccccc3)O[C@@H]2[C@H](C)C1C(=O)c1ccccc1. The number of sulfonamides is 1. The number of hydrogen-bond acceptors (Lipinski definition) is 9. The fraction of sp³-hybridized carbons (Fsp3) is 0.565. The highest BCUT2D eigenvalue weighted by atomic mass is 32.2. The molecule has 0 aliphatic carbocycles. The number of ether oxygens (including phenoxy) is 5. The van der Waals surface area contributed by atoms with Crippen molar-refractivity contribution in [2.24, 2.45) is 11.8 Å². The maximum Gasteiger partial charge on any atom is 0.240 e. The number of unbranched alkanes of at least 4 members (excludes halogenated alkanes) is 7. The highest BCUT2D eigenvalue weighted by molar-refractivity contribution is 7.89. The second kappa shape index (κ2) is 21.2. The Balaban J connectivity index is 1.28. The van der Waals surface area contributed by atoms with Crippen LogP contribution in [0.3, 0.4) is 0 Å². The van der Waals surface area contributed by atoms with Gasteiger partial charge in [-0.25, -0.2) is 13.1 Å². The van der Waals surface area contributed by atoms with Gasteiger partial charge in [0.1, 0.15) is 12.2 Å². The first-order valence-electron chi connectivity index (χ1n) is 21.3. The van der Waals surface area contributed by atoms with Gasteiger partial charge in [0, 0.05) is 23.5 Å². The summed E-state index contributed by atoms with van der Waals surface area (Å²) in [5.74, 6) is -1.59. The Morgan fingerprint density at radius 3 is 2.12 bits per heavy atom. The van der Waals surface area contributed by atoms with Crippen LogP contribution < -0.4 is 10.0 Å². The molecule has 3 aromatic carbocycles. The predicted molar refractivity (Wildman–Crippen MR) is 221 cm³/mol. The van der Waals surface area contributed by atoms with Crippen molar-refractivity contribution in [1.82, 2.24) is 10.0 Å². The third-order valence-electron chi connectivity index (χ3n) is 11.7. The number of ketones is 1. The van der Waals surface area contributed by atoms with Gasteiger partial charge in [-0.1, -0.05) is 144 Å². The summed E-state index contributed by atoms with van der Waals surface area (Å²) in [6.07, 6.45) is 5.35. The molecule has 0 aromatic heterocycles. The summed E-state index contributed by atoms with van der Waals surface area (Å²) in [5.41, 5.74) is 2.28. The van der Waals surface area contributed by atoms with Crippen LogP contribution in [0.5, 0.6) is 0 Å². The number of rotatable bonds is 19. The number of benzene rings is 3. The number of hydrogen-bond donors (Lipinski definition) is 2. The van der Waals surface area contributed by atoms with Crippen molar-refractivity contribution in [2.75, 3.05) is 13.2 Å². The van der Waals surface area contributed by atoms with Crippen LogP contribution in [0.2, 0.25) is 0 Å². The molecule has 316 valence electrons. The summed E-state index contributed by atoms with van der Waals surface area (Å²) in [7, 11) is -4.06. The lowest BCUT2D eigenvalue weighted by atomic mass is 9.78. The molecule has 6 rings (SSSR count). The number of Topliss-reactive ketones (excluding diaryl/α,β-unsaturated/α-hetero) is 1. The van der Waals surface area contributed by atoms with Crippen LogP contribution in [0.1, 0.15) is 113 Å². The Hall–Kier alpha value is -3.49. The van der Waals surface area contributed by atoms with E-state index in [0.717, 1.165) is 36.8 Å². The number of carbonyl (C=O) groups excluding carboxylic acids is 2. The first-order valence-corrected chi connectivity index (χ1v) is 22.8. The van der Waals surface area contributed by atoms with Gasteiger partial charge >= 0.3 is 0 Å². The molecule has 1 amide bonds. The molecule has 3 aliphatic heterocycles. The number of fused-ring (bicyclic) bond motifs is 1. The van der Waals surface area contributed by atoms with Crippen LogP contribution in [0.25, 0.3) is 0 Å². The summed E-state index contributed by atoms with van der Waals surface area (Å²) in [6.45, 7) is 8.19. The van der Waals surface area contributed by atoms with Crippen LogP contribution >= 0.6 is 0 Å². The van der Waals surface area contributed by atoms with Crippen LogP contribution in [0, 0.1) is 18.8 Å². The Labute approximate surface area is 344 Å². The maximum atomic E-state index is 14.6. The second-order valence-corrected chi connectivity index (χ2v) is 17.8. The molecular formula is C46H62N2O9S. The zero-order valence-electron chi connectivity index (χ0n) is 34.4. The van der Waals surface area contributed by atoms with Gasteiger partial charge in [-0.2, -0.15) is 0 Å². The molecule has 12 heteroatoms. The van der Waals surface area contributed by atoms with Crippen LogP contribution in [0.15, 0.2) is 89.8 Å². The number of nitrogens with one attached hydrogen (secondary N) is 2. The normalized spacial score (nSPS) is 28.7. The highest BCUT2D eigenvalue weighted by Crippen LogP contribution is 2.42. The molecule has 0 spiro atoms. The average Bonchev–Trinajstić information content (AvgIpc) is 3.23. The predicted octanol–water partition coefficient (Wildman–Crippen LogP) is 7.83. The fourth-order valence-electron chi connectivity index (χ4n) is 8.43. The number of amides is 1. The molecule has 3 fully saturated rings. The first kappa shape index (κ1) is 44.1. The van der Waals surface area contributed by atoms with Crippen molar-refractivity contribution >= 4 is 21.7 Å². The van der Waals surface area contributed by atoms with Gasteiger partial charge in [0.25, 0.3) is 0 Å². The Morgan fingerprint density at radius 2 is 1.45 bits per heavy atom. The third-order valence-corrected chi connectivity index (χ3v) is 13.2. The highest BCUT2D eigenvalue weighted by Gasteiger charge is 2.53. The fourth-order valence-corrected chi connectivity index (χ4v) is 9.66. The topological polar surface area (TPSA) is 138 Å². The molecule has 2 N–H and O–H groups in total. The van der Waals surface area contributed by atoms with Crippen molar-refractivity contribution in [3.05, 3.63) is 102 Å². The van der Waals surface area contributed by atoms with E-state index in [0.29, 0.717) is 18.4 Å². The van der Waals surface area contributed by atoms with Gasteiger partial charge in [0.15, 0.2) is 18.4 Å². The summed E-state index contributed by atoms with van der Waals surface area (Å²) < 4.78 is 63.4. The lowest BCUT2D eigenvalue weighted by Gasteiger charge is -2.50. The minimum atomic E-state index is -4.06. The van der Waals surface area contributed by atoms with Crippen molar-refractivity contribution in [3.8, 4) is 0 Å². The Bertz CT molecular complexity index is 1850. The van der Waals surface area contributed by atoms with E-state index in [1.54, 1.807) is 36.4 Å². The molecular weight excluding hydrogens is 757 g/mol. The van der Waals surface area contributed by atoms with Gasteiger partial charge in [0.05, 0.1) is 48.3 Å². The maximum absolute atomic E-state index is 14.6. The van der Waals surface area contributed by atoms with Crippen LogP contribution in [-0.2, 0) is 38.5 Å². The van der Waals surface area contributed by atoms with E-state index in [4.69, 9.17) is 23.7 Å². The largest absolute Gasteiger partial charge is 0.374 e. The average molecular weight is 819 g/mol. The van der Waals surface area contributed by atoms with Gasteiger partial charge in [-0.3, -0.25) is 9.59 Å². The smallest absolute Gasteiger partial charge is 0.240 e. The molecule has 58 heavy (non-hydrogen) atoms. The standard InChI is InChI=1S/C46H62N2O9S/c1-5-7-8-9-10-11-12-19-24-39(49)47-41-37(6-2)53-29-36(48-58(51,52)35-27-25-31(3)26-28-35)44(41)57-46-40(42(50)33-20-15-13-16-21-33)32(4)43-38(55-46)30-54-45(56-43)34-22-17-14-18-23-34/h13-18,20-23,25-28,32,36-38,40-41,43-46,48H,5-12,19,24,29-30H2,1-4H3,(H,47,49)/t32-,36?,37?,38?,40?,41+,43-,44-,45?,46-/m1/s1. The summed E-state index contributed by atoms with van der Waals surface area (Å²) >= 11 is 0. The van der Waals surface area contributed by atoms with Gasteiger partial charge in [0.2, 0.25) is 15.9 Å². The van der Waals surface area contributed by atoms with E-state index >= 15 is 0 Å². The molecule has 3 heterocycles. The minimum Gasteiger partial charge on any atom is -0.374 e. The summed E-state index contributed by atoms with van der Waals surface area (Å²) in [6, 6.07) is 23.6. The molecule has 11 nitrogen and oxygen atoms in total. The monoisotopic (exact) mass is 818 g/mol. The minimum absolute atomic E-state index is 0.0186. The zero-order chi connectivity index (χ0) is 41.1. The lowest BCUT2D eigenvalue weighted by molar-refractivity contribution is -0.347. The molecule has 3 aliphatic rings. The molecule has 10 atom stereocenters. The summed E-state index contributed by atoms with van der Waals surface area (Å²) in [5, 5.41) is 3.19. The van der Waals surface area contributed by atoms with E-state index in [1.807, 2.05) is 69.3 Å². The van der Waals surface area contributed by atoms with E-state index in [1.165, 1.54) is 25.7 Å². The van der Waals surface area contributed by atoms with Crippen molar-refractivity contribution in [2.45, 2.75) is 146 Å². The van der Waals surface area contributed by atoms with Gasteiger partial charge < -0.3 is 29.0 Å². The molecule has 0 bridgehead atoms. The first-order chi connectivity index (χ1) is 28.1. The van der Waals surface area contributed by atoms with Gasteiger partial charge in [-0.15, -0.1) is 0 Å². The number of aryl methyl sites for hydroxylation is 1. The molecule has 5 unspecified atom stereocenters. The van der Waals surface area contributed by atoms with E-state index in [9.17, 15) is 18.0 Å². The van der Waals surface area contributed by atoms with Crippen LogP contribution in [0.4, 0.5) is 0 Å². The molecule has 0 radical (unpaired) electrons. The van der Waals surface area contributed by atoms with Crippen molar-refractivity contribution < 1.29 is 41.7 Å². The molecule has 0 saturated carbocycles. The van der Waals surface area contributed by atoms with E-state index < -0.39 is 70.9 Å². The summed E-state index contributed by atoms with van der Waals surface area (Å²) in [4.78, 5) is 28.4. The third kappa shape index (κ3) is 11.2. The van der Waals surface area contributed by atoms with Gasteiger partial charge in [-0.05, 0) is 31.9 Å². The van der Waals surface area contributed by atoms with Crippen molar-refractivity contribution in [1.29, 1.82) is 0 Å². The quantitative estimate of drug-likeness (QED) is 0.0916. The Morgan fingerprint density at radius 1 is 0.793 bits per heavy atom. The van der Waals surface area contributed by atoms with Crippen LogP contribution in [-0.4, -0.2) is 76.1 Å². The van der Waals surface area contributed by atoms with E-state index in [2.05, 4.69) is 17.0 Å². The zero-order valence-corrected chi connectivity index (χ0v) is 35.2. The number of carbonyl (C=O) groups is 2. The molecule has 3 saturated heterocycles. The second-order valence-electron chi connectivity index (χ2n) is 16.1. The van der Waals surface area contributed by atoms with E-state index in [-0.39, 0.29) is 29.8 Å².